The largest absolute Gasteiger partial charge is 0.460 e. The van der Waals surface area contributed by atoms with Crippen molar-refractivity contribution in [3.05, 3.63) is 35.9 Å². The molecule has 0 amide bonds. The number of unbranched alkanes of at least 4 members (excludes halogenated alkanes) is 2. The van der Waals surface area contributed by atoms with Crippen molar-refractivity contribution in [2.24, 2.45) is 0 Å². The monoisotopic (exact) mass is 322 g/mol. The summed E-state index contributed by atoms with van der Waals surface area (Å²) in [6.45, 7) is 8.16. The molecule has 23 heavy (non-hydrogen) atoms. The topological polar surface area (TPSA) is 44.8 Å². The van der Waals surface area contributed by atoms with Crippen LogP contribution in [0.4, 0.5) is 0 Å². The lowest BCUT2D eigenvalue weighted by molar-refractivity contribution is -0.156. The van der Waals surface area contributed by atoms with Crippen molar-refractivity contribution in [3.63, 3.8) is 0 Å². The van der Waals surface area contributed by atoms with Gasteiger partial charge in [0.05, 0.1) is 19.6 Å². The number of esters is 1. The molecule has 0 spiro atoms. The van der Waals surface area contributed by atoms with Gasteiger partial charge in [-0.3, -0.25) is 4.79 Å². The molecule has 0 radical (unpaired) electrons. The van der Waals surface area contributed by atoms with Gasteiger partial charge in [0.15, 0.2) is 0 Å². The summed E-state index contributed by atoms with van der Waals surface area (Å²) in [5.74, 6) is -0.202. The molecule has 0 aliphatic carbocycles. The number of rotatable bonds is 11. The molecule has 1 rings (SSSR count). The van der Waals surface area contributed by atoms with Crippen LogP contribution in [0.25, 0.3) is 0 Å². The molecule has 4 nitrogen and oxygen atoms in total. The van der Waals surface area contributed by atoms with E-state index in [9.17, 15) is 4.79 Å². The molecule has 1 aromatic carbocycles. The first kappa shape index (κ1) is 19.7. The molecule has 4 heteroatoms. The van der Waals surface area contributed by atoms with Crippen molar-refractivity contribution in [1.82, 2.24) is 0 Å². The maximum atomic E-state index is 11.5. The highest BCUT2D eigenvalue weighted by Crippen LogP contribution is 2.08. The van der Waals surface area contributed by atoms with Crippen LogP contribution in [0.15, 0.2) is 30.3 Å². The van der Waals surface area contributed by atoms with Gasteiger partial charge < -0.3 is 14.2 Å². The van der Waals surface area contributed by atoms with E-state index in [2.05, 4.69) is 12.1 Å². The van der Waals surface area contributed by atoms with Crippen LogP contribution >= 0.6 is 0 Å². The van der Waals surface area contributed by atoms with Crippen molar-refractivity contribution < 1.29 is 19.0 Å². The van der Waals surface area contributed by atoms with Crippen LogP contribution in [0, 0.1) is 0 Å². The summed E-state index contributed by atoms with van der Waals surface area (Å²) in [6, 6.07) is 10.2. The third-order valence-electron chi connectivity index (χ3n) is 3.06. The first-order valence-electron chi connectivity index (χ1n) is 8.38. The van der Waals surface area contributed by atoms with E-state index in [-0.39, 0.29) is 5.97 Å². The fourth-order valence-electron chi connectivity index (χ4n) is 2.00. The van der Waals surface area contributed by atoms with Gasteiger partial charge in [-0.15, -0.1) is 0 Å². The van der Waals surface area contributed by atoms with Gasteiger partial charge in [0, 0.05) is 13.2 Å². The number of carbonyl (C=O) groups excluding carboxylic acids is 1. The Labute approximate surface area is 140 Å². The summed E-state index contributed by atoms with van der Waals surface area (Å²) in [5, 5.41) is 0. The van der Waals surface area contributed by atoms with Crippen molar-refractivity contribution in [3.8, 4) is 0 Å². The molecular weight excluding hydrogens is 292 g/mol. The predicted molar refractivity (Wildman–Crippen MR) is 91.2 cm³/mol. The van der Waals surface area contributed by atoms with Gasteiger partial charge in [-0.25, -0.2) is 0 Å². The van der Waals surface area contributed by atoms with Gasteiger partial charge in [-0.1, -0.05) is 30.3 Å². The van der Waals surface area contributed by atoms with Gasteiger partial charge in [-0.2, -0.15) is 0 Å². The molecule has 0 bridgehead atoms. The minimum Gasteiger partial charge on any atom is -0.460 e. The number of ether oxygens (including phenoxy) is 3. The standard InChI is InChI=1S/C19H30O4/c1-19(2,3)23-18(20)12-15-21-13-8-5-9-14-22-16-17-10-6-4-7-11-17/h4,6-7,10-11H,5,8-9,12-16H2,1-3H3. The summed E-state index contributed by atoms with van der Waals surface area (Å²) in [5.41, 5.74) is 0.787. The fraction of sp³-hybridized carbons (Fsp3) is 0.632. The average molecular weight is 322 g/mol. The normalized spacial score (nSPS) is 11.4. The van der Waals surface area contributed by atoms with Crippen LogP contribution in [-0.4, -0.2) is 31.4 Å². The highest BCUT2D eigenvalue weighted by atomic mass is 16.6. The van der Waals surface area contributed by atoms with E-state index in [1.807, 2.05) is 39.0 Å². The molecule has 0 fully saturated rings. The Kier molecular flexibility index (Phi) is 9.57. The molecule has 1 aromatic rings. The molecule has 130 valence electrons. The highest BCUT2D eigenvalue weighted by Gasteiger charge is 2.15. The second-order valence-electron chi connectivity index (χ2n) is 6.55. The van der Waals surface area contributed by atoms with Crippen molar-refractivity contribution in [2.45, 2.75) is 58.7 Å². The maximum absolute atomic E-state index is 11.5. The van der Waals surface area contributed by atoms with E-state index in [1.54, 1.807) is 0 Å². The molecular formula is C19H30O4. The van der Waals surface area contributed by atoms with Gasteiger partial charge in [0.25, 0.3) is 0 Å². The van der Waals surface area contributed by atoms with Crippen LogP contribution in [-0.2, 0) is 25.6 Å². The molecule has 0 aliphatic heterocycles. The van der Waals surface area contributed by atoms with Crippen molar-refractivity contribution in [2.75, 3.05) is 19.8 Å². The third-order valence-corrected chi connectivity index (χ3v) is 3.06. The zero-order valence-electron chi connectivity index (χ0n) is 14.7. The van der Waals surface area contributed by atoms with Crippen LogP contribution in [0.3, 0.4) is 0 Å². The maximum Gasteiger partial charge on any atom is 0.308 e. The van der Waals surface area contributed by atoms with E-state index in [0.717, 1.165) is 25.9 Å². The van der Waals surface area contributed by atoms with Crippen LogP contribution < -0.4 is 0 Å². The van der Waals surface area contributed by atoms with E-state index < -0.39 is 5.60 Å². The second kappa shape index (κ2) is 11.2. The molecule has 0 unspecified atom stereocenters. The summed E-state index contributed by atoms with van der Waals surface area (Å²) in [7, 11) is 0. The summed E-state index contributed by atoms with van der Waals surface area (Å²) >= 11 is 0. The van der Waals surface area contributed by atoms with Crippen LogP contribution in [0.1, 0.15) is 52.0 Å². The Morgan fingerprint density at radius 3 is 2.22 bits per heavy atom. The van der Waals surface area contributed by atoms with E-state index in [1.165, 1.54) is 5.56 Å². The zero-order chi connectivity index (χ0) is 17.0. The molecule has 0 N–H and O–H groups in total. The molecule has 0 aliphatic rings. The molecule has 0 heterocycles. The van der Waals surface area contributed by atoms with Crippen molar-refractivity contribution in [1.29, 1.82) is 0 Å². The van der Waals surface area contributed by atoms with Crippen molar-refractivity contribution >= 4 is 5.97 Å². The highest BCUT2D eigenvalue weighted by molar-refractivity contribution is 5.69. The zero-order valence-corrected chi connectivity index (χ0v) is 14.7. The number of hydrogen-bond donors (Lipinski definition) is 0. The predicted octanol–water partition coefficient (Wildman–Crippen LogP) is 4.12. The first-order valence-corrected chi connectivity index (χ1v) is 8.38. The Morgan fingerprint density at radius 2 is 1.57 bits per heavy atom. The Bertz CT molecular complexity index is 423. The smallest absolute Gasteiger partial charge is 0.308 e. The van der Waals surface area contributed by atoms with Gasteiger partial charge in [0.1, 0.15) is 5.60 Å². The summed E-state index contributed by atoms with van der Waals surface area (Å²) in [4.78, 5) is 11.5. The minimum absolute atomic E-state index is 0.202. The SMILES string of the molecule is CC(C)(C)OC(=O)CCOCCCCCOCc1ccccc1. The van der Waals surface area contributed by atoms with Crippen LogP contribution in [0.5, 0.6) is 0 Å². The Balaban J connectivity index is 1.86. The number of carbonyl (C=O) groups is 1. The third kappa shape index (κ3) is 11.8. The first-order chi connectivity index (χ1) is 11.0. The quantitative estimate of drug-likeness (QED) is 0.454. The molecule has 0 atom stereocenters. The second-order valence-corrected chi connectivity index (χ2v) is 6.55. The summed E-state index contributed by atoms with van der Waals surface area (Å²) < 4.78 is 16.3. The van der Waals surface area contributed by atoms with E-state index >= 15 is 0 Å². The van der Waals surface area contributed by atoms with Gasteiger partial charge in [-0.05, 0) is 45.6 Å². The van der Waals surface area contributed by atoms with Gasteiger partial charge >= 0.3 is 5.97 Å². The molecule has 0 saturated heterocycles. The molecule has 0 aromatic heterocycles. The Morgan fingerprint density at radius 1 is 0.913 bits per heavy atom. The molecule has 0 saturated carbocycles. The van der Waals surface area contributed by atoms with Crippen LogP contribution in [0.2, 0.25) is 0 Å². The lowest BCUT2D eigenvalue weighted by Gasteiger charge is -2.19. The lowest BCUT2D eigenvalue weighted by atomic mass is 10.2. The summed E-state index contributed by atoms with van der Waals surface area (Å²) in [6.07, 6.45) is 3.41. The van der Waals surface area contributed by atoms with E-state index in [0.29, 0.717) is 26.2 Å². The number of hydrogen-bond acceptors (Lipinski definition) is 4. The van der Waals surface area contributed by atoms with E-state index in [4.69, 9.17) is 14.2 Å². The van der Waals surface area contributed by atoms with Gasteiger partial charge in [0.2, 0.25) is 0 Å². The lowest BCUT2D eigenvalue weighted by Crippen LogP contribution is -2.24. The fourth-order valence-corrected chi connectivity index (χ4v) is 2.00. The number of benzene rings is 1. The minimum atomic E-state index is -0.420. The average Bonchev–Trinajstić information content (AvgIpc) is 2.48. The Hall–Kier alpha value is -1.39.